The molecule has 0 saturated heterocycles. The third-order valence-electron chi connectivity index (χ3n) is 6.66. The molecule has 174 valence electrons. The highest BCUT2D eigenvalue weighted by atomic mass is 16.5. The molecule has 0 radical (unpaired) electrons. The van der Waals surface area contributed by atoms with Crippen LogP contribution in [0.1, 0.15) is 75.8 Å². The first-order valence-electron chi connectivity index (χ1n) is 12.1. The van der Waals surface area contributed by atoms with Crippen LogP contribution in [0.15, 0.2) is 46.9 Å². The van der Waals surface area contributed by atoms with Crippen molar-refractivity contribution in [3.8, 4) is 11.5 Å². The number of nitrogens with one attached hydrogen (secondary N) is 1. The summed E-state index contributed by atoms with van der Waals surface area (Å²) in [5.41, 5.74) is 2.66. The number of amides is 1. The number of fused-ring (bicyclic) bond motifs is 1. The molecule has 2 aromatic carbocycles. The topological polar surface area (TPSA) is 73.6 Å². The van der Waals surface area contributed by atoms with Gasteiger partial charge in [-0.25, -0.2) is 4.98 Å². The molecule has 1 atom stereocenters. The van der Waals surface area contributed by atoms with E-state index in [1.807, 2.05) is 49.4 Å². The van der Waals surface area contributed by atoms with E-state index >= 15 is 0 Å². The van der Waals surface area contributed by atoms with Crippen molar-refractivity contribution < 1.29 is 18.7 Å². The van der Waals surface area contributed by atoms with Gasteiger partial charge in [-0.1, -0.05) is 12.1 Å². The maximum absolute atomic E-state index is 11.4. The Balaban J connectivity index is 1.17. The number of ether oxygens (including phenoxy) is 2. The number of nitrogens with zero attached hydrogens (tertiary/aromatic N) is 1. The predicted molar refractivity (Wildman–Crippen MR) is 127 cm³/mol. The summed E-state index contributed by atoms with van der Waals surface area (Å²) in [7, 11) is 0. The van der Waals surface area contributed by atoms with Gasteiger partial charge in [-0.2, -0.15) is 0 Å². The Morgan fingerprint density at radius 2 is 1.88 bits per heavy atom. The fourth-order valence-electron chi connectivity index (χ4n) is 4.55. The van der Waals surface area contributed by atoms with E-state index in [1.165, 1.54) is 19.8 Å². The molecule has 3 aromatic rings. The van der Waals surface area contributed by atoms with Crippen molar-refractivity contribution in [3.05, 3.63) is 53.9 Å². The van der Waals surface area contributed by atoms with Gasteiger partial charge < -0.3 is 19.2 Å². The summed E-state index contributed by atoms with van der Waals surface area (Å²) in [6, 6.07) is 13.9. The van der Waals surface area contributed by atoms with Crippen LogP contribution >= 0.6 is 0 Å². The number of hydrogen-bond acceptors (Lipinski definition) is 5. The summed E-state index contributed by atoms with van der Waals surface area (Å²) in [5.74, 6) is 3.59. The van der Waals surface area contributed by atoms with Crippen LogP contribution in [0.3, 0.4) is 0 Å². The summed E-state index contributed by atoms with van der Waals surface area (Å²) in [4.78, 5) is 16.1. The monoisotopic (exact) mass is 448 g/mol. The standard InChI is InChI=1S/C27H32N2O4/c1-17(28-18(2)30)21-10-13-25-26(14-21)33-27(29-25)20-8-11-22(12-9-20)32-24-5-3-4-23(15-24)31-16-19-6-7-19/h3-5,10,13-15,17,19-20,22H,6-9,11-12,16H2,1-2H3,(H,28,30). The van der Waals surface area contributed by atoms with Gasteiger partial charge in [-0.3, -0.25) is 4.79 Å². The Bertz CT molecular complexity index is 1110. The highest BCUT2D eigenvalue weighted by Crippen LogP contribution is 2.36. The van der Waals surface area contributed by atoms with Crippen molar-refractivity contribution in [1.82, 2.24) is 10.3 Å². The normalized spacial score (nSPS) is 21.5. The SMILES string of the molecule is CC(=O)NC(C)c1ccc2nc(C3CCC(Oc4cccc(OCC5CC5)c4)CC3)oc2c1. The van der Waals surface area contributed by atoms with Crippen LogP contribution in [0.25, 0.3) is 11.1 Å². The van der Waals surface area contributed by atoms with Crippen molar-refractivity contribution in [1.29, 1.82) is 0 Å². The molecule has 2 aliphatic carbocycles. The lowest BCUT2D eigenvalue weighted by molar-refractivity contribution is -0.119. The molecule has 33 heavy (non-hydrogen) atoms. The minimum atomic E-state index is -0.0642. The fourth-order valence-corrected chi connectivity index (χ4v) is 4.55. The lowest BCUT2D eigenvalue weighted by Gasteiger charge is -2.27. The molecule has 0 aliphatic heterocycles. The van der Waals surface area contributed by atoms with Gasteiger partial charge in [0.15, 0.2) is 11.5 Å². The van der Waals surface area contributed by atoms with E-state index in [4.69, 9.17) is 18.9 Å². The maximum Gasteiger partial charge on any atom is 0.217 e. The third kappa shape index (κ3) is 5.49. The van der Waals surface area contributed by atoms with Gasteiger partial charge in [0.1, 0.15) is 17.0 Å². The zero-order chi connectivity index (χ0) is 22.8. The molecule has 6 heteroatoms. The lowest BCUT2D eigenvalue weighted by atomic mass is 9.87. The van der Waals surface area contributed by atoms with E-state index in [2.05, 4.69) is 5.32 Å². The highest BCUT2D eigenvalue weighted by Gasteiger charge is 2.27. The summed E-state index contributed by atoms with van der Waals surface area (Å²) >= 11 is 0. The van der Waals surface area contributed by atoms with E-state index < -0.39 is 0 Å². The average Bonchev–Trinajstić information content (AvgIpc) is 3.54. The predicted octanol–water partition coefficient (Wildman–Crippen LogP) is 5.92. The van der Waals surface area contributed by atoms with Gasteiger partial charge in [-0.15, -0.1) is 0 Å². The van der Waals surface area contributed by atoms with Crippen molar-refractivity contribution in [3.63, 3.8) is 0 Å². The van der Waals surface area contributed by atoms with Gasteiger partial charge in [0.25, 0.3) is 0 Å². The molecule has 0 bridgehead atoms. The van der Waals surface area contributed by atoms with Crippen LogP contribution < -0.4 is 14.8 Å². The molecule has 6 nitrogen and oxygen atoms in total. The first kappa shape index (κ1) is 21.8. The van der Waals surface area contributed by atoms with Gasteiger partial charge in [0.2, 0.25) is 5.91 Å². The molecule has 2 aliphatic rings. The molecule has 1 unspecified atom stereocenters. The summed E-state index contributed by atoms with van der Waals surface area (Å²) in [6.45, 7) is 4.31. The molecular weight excluding hydrogens is 416 g/mol. The van der Waals surface area contributed by atoms with E-state index in [1.54, 1.807) is 0 Å². The molecule has 2 saturated carbocycles. The van der Waals surface area contributed by atoms with Gasteiger partial charge >= 0.3 is 0 Å². The van der Waals surface area contributed by atoms with Crippen molar-refractivity contribution in [2.24, 2.45) is 5.92 Å². The number of oxazole rings is 1. The fraction of sp³-hybridized carbons (Fsp3) is 0.481. The maximum atomic E-state index is 11.4. The Kier molecular flexibility index (Phi) is 6.25. The van der Waals surface area contributed by atoms with Crippen LogP contribution in [-0.4, -0.2) is 23.6 Å². The summed E-state index contributed by atoms with van der Waals surface area (Å²) in [6.07, 6.45) is 6.71. The molecule has 5 rings (SSSR count). The third-order valence-corrected chi connectivity index (χ3v) is 6.66. The van der Waals surface area contributed by atoms with Crippen LogP contribution in [0.2, 0.25) is 0 Å². The molecule has 1 N–H and O–H groups in total. The van der Waals surface area contributed by atoms with Gasteiger partial charge in [-0.05, 0) is 81.2 Å². The molecule has 1 heterocycles. The Hall–Kier alpha value is -3.02. The molecule has 0 spiro atoms. The van der Waals surface area contributed by atoms with Crippen molar-refractivity contribution >= 4 is 17.0 Å². The van der Waals surface area contributed by atoms with E-state index in [0.717, 1.165) is 72.3 Å². The van der Waals surface area contributed by atoms with Crippen LogP contribution in [0.5, 0.6) is 11.5 Å². The first-order chi connectivity index (χ1) is 16.0. The molecule has 1 amide bonds. The van der Waals surface area contributed by atoms with Gasteiger partial charge in [0, 0.05) is 18.9 Å². The first-order valence-corrected chi connectivity index (χ1v) is 12.1. The Labute approximate surface area is 194 Å². The minimum absolute atomic E-state index is 0.0441. The number of hydrogen-bond donors (Lipinski definition) is 1. The quantitative estimate of drug-likeness (QED) is 0.463. The molecule has 1 aromatic heterocycles. The average molecular weight is 449 g/mol. The largest absolute Gasteiger partial charge is 0.493 e. The number of rotatable bonds is 8. The summed E-state index contributed by atoms with van der Waals surface area (Å²) in [5, 5.41) is 2.91. The number of carbonyl (C=O) groups excluding carboxylic acids is 1. The highest BCUT2D eigenvalue weighted by molar-refractivity contribution is 5.75. The smallest absolute Gasteiger partial charge is 0.217 e. The van der Waals surface area contributed by atoms with Crippen molar-refractivity contribution in [2.45, 2.75) is 70.4 Å². The van der Waals surface area contributed by atoms with Crippen LogP contribution in [-0.2, 0) is 4.79 Å². The summed E-state index contributed by atoms with van der Waals surface area (Å²) < 4.78 is 18.3. The minimum Gasteiger partial charge on any atom is -0.493 e. The van der Waals surface area contributed by atoms with Crippen LogP contribution in [0, 0.1) is 5.92 Å². The molecular formula is C27H32N2O4. The number of carbonyl (C=O) groups is 1. The lowest BCUT2D eigenvalue weighted by Crippen LogP contribution is -2.23. The Morgan fingerprint density at radius 1 is 1.09 bits per heavy atom. The Morgan fingerprint density at radius 3 is 2.64 bits per heavy atom. The zero-order valence-electron chi connectivity index (χ0n) is 19.4. The molecule has 2 fully saturated rings. The second-order valence-electron chi connectivity index (χ2n) is 9.52. The second kappa shape index (κ2) is 9.46. The zero-order valence-corrected chi connectivity index (χ0v) is 19.4. The van der Waals surface area contributed by atoms with E-state index in [0.29, 0.717) is 5.92 Å². The van der Waals surface area contributed by atoms with E-state index in [-0.39, 0.29) is 18.1 Å². The van der Waals surface area contributed by atoms with Gasteiger partial charge in [0.05, 0.1) is 18.8 Å². The van der Waals surface area contributed by atoms with Crippen LogP contribution in [0.4, 0.5) is 0 Å². The van der Waals surface area contributed by atoms with Crippen molar-refractivity contribution in [2.75, 3.05) is 6.61 Å². The number of benzene rings is 2. The second-order valence-corrected chi connectivity index (χ2v) is 9.52. The number of aromatic nitrogens is 1. The van der Waals surface area contributed by atoms with E-state index in [9.17, 15) is 4.79 Å².